The Morgan fingerprint density at radius 1 is 1.41 bits per heavy atom. The van der Waals surface area contributed by atoms with Gasteiger partial charge in [-0.3, -0.25) is 0 Å². The maximum absolute atomic E-state index is 12.2. The number of nitrogens with zero attached hydrogens (tertiary/aromatic N) is 2. The molecule has 98 valence electrons. The smallest absolute Gasteiger partial charge is 0.327 e. The lowest BCUT2D eigenvalue weighted by atomic mass is 10.1. The van der Waals surface area contributed by atoms with Gasteiger partial charge in [-0.1, -0.05) is 13.8 Å². The number of hydrogen-bond donors (Lipinski definition) is 1. The summed E-state index contributed by atoms with van der Waals surface area (Å²) in [4.78, 5) is 26.3. The van der Waals surface area contributed by atoms with E-state index >= 15 is 0 Å². The zero-order valence-electron chi connectivity index (χ0n) is 10.7. The first-order chi connectivity index (χ1) is 7.86. The van der Waals surface area contributed by atoms with Gasteiger partial charge < -0.3 is 14.9 Å². The normalized spacial score (nSPS) is 21.7. The summed E-state index contributed by atoms with van der Waals surface area (Å²) in [7, 11) is 1.73. The Bertz CT molecular complexity index is 309. The van der Waals surface area contributed by atoms with Crippen molar-refractivity contribution in [2.45, 2.75) is 32.9 Å². The maximum atomic E-state index is 12.2. The summed E-state index contributed by atoms with van der Waals surface area (Å²) < 4.78 is 0. The van der Waals surface area contributed by atoms with E-state index in [0.29, 0.717) is 17.5 Å². The van der Waals surface area contributed by atoms with Gasteiger partial charge in [0.15, 0.2) is 0 Å². The van der Waals surface area contributed by atoms with Gasteiger partial charge in [-0.05, 0) is 12.8 Å². The predicted octanol–water partition coefficient (Wildman–Crippen LogP) is 1.54. The van der Waals surface area contributed by atoms with E-state index in [4.69, 9.17) is 5.11 Å². The molecule has 1 N–H and O–H groups in total. The fourth-order valence-electron chi connectivity index (χ4n) is 1.66. The molecule has 1 rings (SSSR count). The van der Waals surface area contributed by atoms with E-state index in [0.717, 1.165) is 0 Å². The standard InChI is InChI=1S/C11H20N2O3S/c1-7(2)8(3)12(4)11(16)13-6-17-5-9(13)10(14)15/h7-9H,5-6H2,1-4H3,(H,14,15). The zero-order valence-corrected chi connectivity index (χ0v) is 11.5. The van der Waals surface area contributed by atoms with Crippen molar-refractivity contribution in [1.29, 1.82) is 0 Å². The highest BCUT2D eigenvalue weighted by Gasteiger charge is 2.37. The van der Waals surface area contributed by atoms with E-state index in [1.165, 1.54) is 16.7 Å². The summed E-state index contributed by atoms with van der Waals surface area (Å²) in [6.07, 6.45) is 0. The van der Waals surface area contributed by atoms with Crippen LogP contribution in [-0.4, -0.2) is 57.7 Å². The molecular formula is C11H20N2O3S. The van der Waals surface area contributed by atoms with Gasteiger partial charge in [0.2, 0.25) is 0 Å². The van der Waals surface area contributed by atoms with Crippen molar-refractivity contribution in [3.8, 4) is 0 Å². The minimum atomic E-state index is -0.922. The first-order valence-electron chi connectivity index (χ1n) is 5.70. The highest BCUT2D eigenvalue weighted by molar-refractivity contribution is 7.99. The molecule has 2 atom stereocenters. The van der Waals surface area contributed by atoms with Gasteiger partial charge in [0.25, 0.3) is 0 Å². The van der Waals surface area contributed by atoms with Crippen molar-refractivity contribution >= 4 is 23.8 Å². The number of hydrogen-bond acceptors (Lipinski definition) is 3. The van der Waals surface area contributed by atoms with E-state index in [9.17, 15) is 9.59 Å². The fourth-order valence-corrected chi connectivity index (χ4v) is 2.80. The van der Waals surface area contributed by atoms with Crippen molar-refractivity contribution in [2.24, 2.45) is 5.92 Å². The fraction of sp³-hybridized carbons (Fsp3) is 0.818. The summed E-state index contributed by atoms with van der Waals surface area (Å²) in [5.41, 5.74) is 0. The molecule has 1 aliphatic heterocycles. The zero-order chi connectivity index (χ0) is 13.2. The number of amides is 2. The predicted molar refractivity (Wildman–Crippen MR) is 68.0 cm³/mol. The summed E-state index contributed by atoms with van der Waals surface area (Å²) in [5.74, 6) is 0.368. The Hall–Kier alpha value is -0.910. The molecule has 0 aromatic carbocycles. The molecule has 0 aromatic rings. The van der Waals surface area contributed by atoms with Crippen LogP contribution in [0.3, 0.4) is 0 Å². The minimum absolute atomic E-state index is 0.0996. The van der Waals surface area contributed by atoms with Gasteiger partial charge in [-0.2, -0.15) is 0 Å². The van der Waals surface area contributed by atoms with Crippen LogP contribution in [0.25, 0.3) is 0 Å². The second kappa shape index (κ2) is 5.62. The van der Waals surface area contributed by atoms with E-state index in [-0.39, 0.29) is 12.1 Å². The summed E-state index contributed by atoms with van der Waals surface area (Å²) >= 11 is 1.48. The molecular weight excluding hydrogens is 240 g/mol. The second-order valence-electron chi connectivity index (χ2n) is 4.70. The second-order valence-corrected chi connectivity index (χ2v) is 5.70. The molecule has 0 bridgehead atoms. The van der Waals surface area contributed by atoms with E-state index < -0.39 is 12.0 Å². The summed E-state index contributed by atoms with van der Waals surface area (Å²) in [5, 5.41) is 9.04. The molecule has 1 aliphatic rings. The quantitative estimate of drug-likeness (QED) is 0.836. The highest BCUT2D eigenvalue weighted by Crippen LogP contribution is 2.23. The van der Waals surface area contributed by atoms with Gasteiger partial charge in [-0.15, -0.1) is 11.8 Å². The number of carbonyl (C=O) groups is 2. The van der Waals surface area contributed by atoms with Crippen molar-refractivity contribution in [2.75, 3.05) is 18.7 Å². The molecule has 0 radical (unpaired) electrons. The molecule has 6 heteroatoms. The first kappa shape index (κ1) is 14.2. The van der Waals surface area contributed by atoms with Crippen LogP contribution < -0.4 is 0 Å². The van der Waals surface area contributed by atoms with Crippen molar-refractivity contribution in [3.05, 3.63) is 0 Å². The van der Waals surface area contributed by atoms with Gasteiger partial charge in [-0.25, -0.2) is 9.59 Å². The third-order valence-electron chi connectivity index (χ3n) is 3.29. The Balaban J connectivity index is 2.72. The number of aliphatic carboxylic acids is 1. The first-order valence-corrected chi connectivity index (χ1v) is 6.85. The maximum Gasteiger partial charge on any atom is 0.327 e. The van der Waals surface area contributed by atoms with Crippen LogP contribution in [0.5, 0.6) is 0 Å². The highest BCUT2D eigenvalue weighted by atomic mass is 32.2. The average Bonchev–Trinajstić information content (AvgIpc) is 2.74. The molecule has 1 saturated heterocycles. The molecule has 0 saturated carbocycles. The third-order valence-corrected chi connectivity index (χ3v) is 4.30. The van der Waals surface area contributed by atoms with Crippen LogP contribution in [-0.2, 0) is 4.79 Å². The number of carboxylic acids is 1. The van der Waals surface area contributed by atoms with Gasteiger partial charge in [0, 0.05) is 18.8 Å². The van der Waals surface area contributed by atoms with Crippen LogP contribution in [0, 0.1) is 5.92 Å². The molecule has 0 aromatic heterocycles. The van der Waals surface area contributed by atoms with Crippen LogP contribution >= 0.6 is 11.8 Å². The van der Waals surface area contributed by atoms with E-state index in [1.807, 2.05) is 20.8 Å². The summed E-state index contributed by atoms with van der Waals surface area (Å²) in [6, 6.07) is -0.777. The summed E-state index contributed by atoms with van der Waals surface area (Å²) in [6.45, 7) is 6.06. The third kappa shape index (κ3) is 3.06. The van der Waals surface area contributed by atoms with Gasteiger partial charge in [0.05, 0.1) is 5.88 Å². The van der Waals surface area contributed by atoms with Crippen LogP contribution in [0.15, 0.2) is 0 Å². The molecule has 5 nitrogen and oxygen atoms in total. The molecule has 2 amide bonds. The van der Waals surface area contributed by atoms with Crippen LogP contribution in [0.1, 0.15) is 20.8 Å². The Labute approximate surface area is 106 Å². The Kier molecular flexibility index (Phi) is 4.68. The van der Waals surface area contributed by atoms with Crippen LogP contribution in [0.2, 0.25) is 0 Å². The topological polar surface area (TPSA) is 60.9 Å². The van der Waals surface area contributed by atoms with Crippen molar-refractivity contribution < 1.29 is 14.7 Å². The number of carboxylic acid groups (broad SMARTS) is 1. The lowest BCUT2D eigenvalue weighted by molar-refractivity contribution is -0.141. The number of urea groups is 1. The van der Waals surface area contributed by atoms with E-state index in [1.54, 1.807) is 11.9 Å². The lowest BCUT2D eigenvalue weighted by Crippen LogP contribution is -2.50. The van der Waals surface area contributed by atoms with E-state index in [2.05, 4.69) is 0 Å². The van der Waals surface area contributed by atoms with Gasteiger partial charge >= 0.3 is 12.0 Å². The van der Waals surface area contributed by atoms with Crippen molar-refractivity contribution in [1.82, 2.24) is 9.80 Å². The Morgan fingerprint density at radius 3 is 2.47 bits per heavy atom. The Morgan fingerprint density at radius 2 is 2.00 bits per heavy atom. The minimum Gasteiger partial charge on any atom is -0.480 e. The lowest BCUT2D eigenvalue weighted by Gasteiger charge is -2.33. The monoisotopic (exact) mass is 260 g/mol. The average molecular weight is 260 g/mol. The molecule has 17 heavy (non-hydrogen) atoms. The largest absolute Gasteiger partial charge is 0.480 e. The SMILES string of the molecule is CC(C)C(C)N(C)C(=O)N1CSCC1C(=O)O. The molecule has 1 fully saturated rings. The van der Waals surface area contributed by atoms with Crippen LogP contribution in [0.4, 0.5) is 4.79 Å². The number of rotatable bonds is 3. The number of carbonyl (C=O) groups excluding carboxylic acids is 1. The van der Waals surface area contributed by atoms with Gasteiger partial charge in [0.1, 0.15) is 6.04 Å². The molecule has 1 heterocycles. The molecule has 2 unspecified atom stereocenters. The molecule has 0 spiro atoms. The molecule has 0 aliphatic carbocycles. The number of thioether (sulfide) groups is 1. The van der Waals surface area contributed by atoms with Crippen molar-refractivity contribution in [3.63, 3.8) is 0 Å².